The Kier molecular flexibility index (Phi) is 5.40. The molecule has 0 bridgehead atoms. The van der Waals surface area contributed by atoms with Crippen LogP contribution in [-0.4, -0.2) is 16.8 Å². The van der Waals surface area contributed by atoms with E-state index in [-0.39, 0.29) is 5.91 Å². The first-order valence-corrected chi connectivity index (χ1v) is 9.74. The molecule has 148 valence electrons. The van der Waals surface area contributed by atoms with Gasteiger partial charge in [-0.2, -0.15) is 0 Å². The molecule has 3 aromatic carbocycles. The lowest BCUT2D eigenvalue weighted by Gasteiger charge is -2.12. The molecule has 7 heteroatoms. The van der Waals surface area contributed by atoms with Gasteiger partial charge in [-0.1, -0.05) is 41.4 Å². The molecule has 0 fully saturated rings. The Morgan fingerprint density at radius 3 is 2.33 bits per heavy atom. The van der Waals surface area contributed by atoms with Crippen LogP contribution in [-0.2, 0) is 0 Å². The van der Waals surface area contributed by atoms with Crippen molar-refractivity contribution < 1.29 is 9.59 Å². The fraction of sp³-hybridized carbons (Fsp3) is 0. The van der Waals surface area contributed by atoms with Gasteiger partial charge in [-0.15, -0.1) is 0 Å². The minimum absolute atomic E-state index is 0.313. The van der Waals surface area contributed by atoms with Crippen molar-refractivity contribution in [2.24, 2.45) is 5.73 Å². The highest BCUT2D eigenvalue weighted by atomic mass is 35.5. The fourth-order valence-corrected chi connectivity index (χ4v) is 3.62. The normalized spacial score (nSPS) is 10.7. The summed E-state index contributed by atoms with van der Waals surface area (Å²) < 4.78 is 0. The Morgan fingerprint density at radius 1 is 0.900 bits per heavy atom. The van der Waals surface area contributed by atoms with Crippen molar-refractivity contribution in [3.05, 3.63) is 94.0 Å². The molecule has 2 amide bonds. The molecule has 0 radical (unpaired) electrons. The van der Waals surface area contributed by atoms with Crippen molar-refractivity contribution in [1.82, 2.24) is 4.98 Å². The van der Waals surface area contributed by atoms with Gasteiger partial charge in [0.2, 0.25) is 5.91 Å². The lowest BCUT2D eigenvalue weighted by atomic mass is 10.0. The van der Waals surface area contributed by atoms with E-state index in [0.717, 1.165) is 0 Å². The third-order valence-corrected chi connectivity index (χ3v) is 5.14. The van der Waals surface area contributed by atoms with E-state index < -0.39 is 5.91 Å². The summed E-state index contributed by atoms with van der Waals surface area (Å²) in [6, 6.07) is 20.6. The molecule has 3 N–H and O–H groups in total. The summed E-state index contributed by atoms with van der Waals surface area (Å²) in [4.78, 5) is 29.0. The van der Waals surface area contributed by atoms with Crippen molar-refractivity contribution in [2.75, 3.05) is 5.32 Å². The van der Waals surface area contributed by atoms with Crippen LogP contribution < -0.4 is 11.1 Å². The van der Waals surface area contributed by atoms with Crippen LogP contribution in [0, 0.1) is 0 Å². The van der Waals surface area contributed by atoms with E-state index in [9.17, 15) is 9.59 Å². The van der Waals surface area contributed by atoms with Gasteiger partial charge in [-0.3, -0.25) is 9.59 Å². The maximum Gasteiger partial charge on any atom is 0.256 e. The molecule has 0 spiro atoms. The molecule has 30 heavy (non-hydrogen) atoms. The van der Waals surface area contributed by atoms with E-state index in [0.29, 0.717) is 49.0 Å². The minimum atomic E-state index is -0.530. The topological polar surface area (TPSA) is 85.1 Å². The number of primary amides is 1. The van der Waals surface area contributed by atoms with Crippen molar-refractivity contribution in [3.63, 3.8) is 0 Å². The van der Waals surface area contributed by atoms with Crippen LogP contribution in [0.3, 0.4) is 0 Å². The number of pyridine rings is 1. The van der Waals surface area contributed by atoms with Crippen LogP contribution >= 0.6 is 23.2 Å². The van der Waals surface area contributed by atoms with E-state index in [1.54, 1.807) is 48.5 Å². The molecule has 4 rings (SSSR count). The van der Waals surface area contributed by atoms with Gasteiger partial charge in [-0.05, 0) is 54.6 Å². The van der Waals surface area contributed by atoms with Crippen molar-refractivity contribution in [3.8, 4) is 11.3 Å². The summed E-state index contributed by atoms with van der Waals surface area (Å²) in [5, 5.41) is 4.51. The number of halogens is 2. The summed E-state index contributed by atoms with van der Waals surface area (Å²) in [5.74, 6) is -0.843. The molecule has 0 aliphatic rings. The monoisotopic (exact) mass is 435 g/mol. The molecule has 1 heterocycles. The number of nitrogens with one attached hydrogen (secondary N) is 1. The second-order valence-electron chi connectivity index (χ2n) is 6.59. The summed E-state index contributed by atoms with van der Waals surface area (Å²) in [5.41, 5.74) is 8.50. The van der Waals surface area contributed by atoms with Crippen molar-refractivity contribution in [2.45, 2.75) is 0 Å². The number of anilines is 1. The fourth-order valence-electron chi connectivity index (χ4n) is 3.11. The Labute approximate surface area is 182 Å². The highest BCUT2D eigenvalue weighted by Crippen LogP contribution is 2.32. The molecule has 5 nitrogen and oxygen atoms in total. The zero-order valence-corrected chi connectivity index (χ0v) is 17.0. The first-order valence-electron chi connectivity index (χ1n) is 8.99. The number of carbonyl (C=O) groups is 2. The van der Waals surface area contributed by atoms with Gasteiger partial charge in [0.1, 0.15) is 0 Å². The van der Waals surface area contributed by atoms with Gasteiger partial charge in [0.25, 0.3) is 5.91 Å². The number of fused-ring (bicyclic) bond motifs is 1. The maximum absolute atomic E-state index is 13.1. The van der Waals surface area contributed by atoms with Gasteiger partial charge in [0.15, 0.2) is 0 Å². The van der Waals surface area contributed by atoms with E-state index in [1.165, 1.54) is 0 Å². The van der Waals surface area contributed by atoms with Crippen LogP contribution in [0.15, 0.2) is 72.8 Å². The van der Waals surface area contributed by atoms with Crippen LogP contribution in [0.2, 0.25) is 10.0 Å². The molecule has 0 aliphatic carbocycles. The molecule has 1 aromatic heterocycles. The number of benzene rings is 3. The number of nitrogens with two attached hydrogens (primary N) is 1. The van der Waals surface area contributed by atoms with Crippen molar-refractivity contribution >= 4 is 51.6 Å². The molecule has 0 saturated heterocycles. The predicted octanol–water partition coefficient (Wildman–Crippen LogP) is 5.56. The zero-order chi connectivity index (χ0) is 21.3. The Hall–Kier alpha value is -3.41. The second-order valence-corrected chi connectivity index (χ2v) is 7.44. The number of hydrogen-bond donors (Lipinski definition) is 2. The minimum Gasteiger partial charge on any atom is -0.366 e. The molecule has 0 atom stereocenters. The number of carbonyl (C=O) groups excluding carboxylic acids is 2. The van der Waals surface area contributed by atoms with E-state index >= 15 is 0 Å². The molecular formula is C23H15Cl2N3O2. The van der Waals surface area contributed by atoms with Gasteiger partial charge in [0.05, 0.1) is 21.8 Å². The number of para-hydroxylation sites is 1. The van der Waals surface area contributed by atoms with Crippen LogP contribution in [0.5, 0.6) is 0 Å². The second kappa shape index (κ2) is 8.14. The third-order valence-electron chi connectivity index (χ3n) is 4.60. The molecule has 0 aliphatic heterocycles. The van der Waals surface area contributed by atoms with E-state index in [2.05, 4.69) is 10.3 Å². The number of rotatable bonds is 4. The highest BCUT2D eigenvalue weighted by molar-refractivity contribution is 6.36. The van der Waals surface area contributed by atoms with E-state index in [1.807, 2.05) is 24.3 Å². The summed E-state index contributed by atoms with van der Waals surface area (Å²) in [7, 11) is 0. The number of nitrogens with zero attached hydrogens (tertiary/aromatic N) is 1. The van der Waals surface area contributed by atoms with Crippen LogP contribution in [0.1, 0.15) is 20.7 Å². The molecule has 0 unspecified atom stereocenters. The summed E-state index contributed by atoms with van der Waals surface area (Å²) >= 11 is 12.4. The first kappa shape index (κ1) is 19.9. The lowest BCUT2D eigenvalue weighted by Crippen LogP contribution is -2.14. The highest BCUT2D eigenvalue weighted by Gasteiger charge is 2.16. The maximum atomic E-state index is 13.1. The molecule has 4 aromatic rings. The number of aromatic nitrogens is 1. The first-order chi connectivity index (χ1) is 14.4. The third kappa shape index (κ3) is 3.99. The Balaban J connectivity index is 1.77. The molecule has 0 saturated carbocycles. The molecular weight excluding hydrogens is 421 g/mol. The standard InChI is InChI=1S/C23H15Cl2N3O2/c24-14-7-10-17(19(25)11-14)21-12-18(16-3-1-2-4-20(16)28-21)23(30)27-15-8-5-13(6-9-15)22(26)29/h1-12H,(H2,26,29)(H,27,30). The quantitative estimate of drug-likeness (QED) is 0.439. The van der Waals surface area contributed by atoms with Gasteiger partial charge in [-0.25, -0.2) is 4.98 Å². The largest absolute Gasteiger partial charge is 0.366 e. The van der Waals surface area contributed by atoms with E-state index in [4.69, 9.17) is 28.9 Å². The summed E-state index contributed by atoms with van der Waals surface area (Å²) in [6.07, 6.45) is 0. The van der Waals surface area contributed by atoms with Gasteiger partial charge < -0.3 is 11.1 Å². The average Bonchev–Trinajstić information content (AvgIpc) is 2.73. The lowest BCUT2D eigenvalue weighted by molar-refractivity contribution is 0.0998. The van der Waals surface area contributed by atoms with Crippen LogP contribution in [0.4, 0.5) is 5.69 Å². The van der Waals surface area contributed by atoms with Gasteiger partial charge in [0, 0.05) is 27.2 Å². The zero-order valence-electron chi connectivity index (χ0n) is 15.5. The van der Waals surface area contributed by atoms with Gasteiger partial charge >= 0.3 is 0 Å². The van der Waals surface area contributed by atoms with Crippen LogP contribution in [0.25, 0.3) is 22.2 Å². The average molecular weight is 436 g/mol. The predicted molar refractivity (Wildman–Crippen MR) is 120 cm³/mol. The Morgan fingerprint density at radius 2 is 1.63 bits per heavy atom. The number of amides is 2. The number of hydrogen-bond acceptors (Lipinski definition) is 3. The summed E-state index contributed by atoms with van der Waals surface area (Å²) in [6.45, 7) is 0. The Bertz CT molecular complexity index is 1290. The smallest absolute Gasteiger partial charge is 0.256 e. The van der Waals surface area contributed by atoms with Crippen molar-refractivity contribution in [1.29, 1.82) is 0 Å². The SMILES string of the molecule is NC(=O)c1ccc(NC(=O)c2cc(-c3ccc(Cl)cc3Cl)nc3ccccc23)cc1.